The molecule has 0 aromatic rings. The quantitative estimate of drug-likeness (QED) is 0.743. The van der Waals surface area contributed by atoms with Gasteiger partial charge in [0.2, 0.25) is 0 Å². The molecule has 0 spiro atoms. The number of hydrogen-bond acceptors (Lipinski definition) is 1. The lowest BCUT2D eigenvalue weighted by Crippen LogP contribution is -2.39. The third kappa shape index (κ3) is 2.93. The minimum Gasteiger partial charge on any atom is -0.316 e. The molecule has 88 valence electrons. The van der Waals surface area contributed by atoms with E-state index < -0.39 is 6.17 Å². The Hall–Kier alpha value is -0.110. The lowest BCUT2D eigenvalue weighted by Gasteiger charge is -2.35. The molecule has 0 aromatic carbocycles. The van der Waals surface area contributed by atoms with Crippen LogP contribution in [0.5, 0.6) is 0 Å². The van der Waals surface area contributed by atoms with Gasteiger partial charge in [0.05, 0.1) is 0 Å². The van der Waals surface area contributed by atoms with Crippen LogP contribution in [0.15, 0.2) is 0 Å². The predicted octanol–water partition coefficient (Wildman–Crippen LogP) is 3.15. The highest BCUT2D eigenvalue weighted by Gasteiger charge is 2.32. The first kappa shape index (κ1) is 11.4. The Morgan fingerprint density at radius 2 is 1.93 bits per heavy atom. The first-order valence-corrected chi connectivity index (χ1v) is 6.62. The van der Waals surface area contributed by atoms with E-state index in [2.05, 4.69) is 12.2 Å². The van der Waals surface area contributed by atoms with Gasteiger partial charge in [-0.3, -0.25) is 0 Å². The second kappa shape index (κ2) is 5.29. The third-order valence-electron chi connectivity index (χ3n) is 4.21. The average Bonchev–Trinajstić information content (AvgIpc) is 2.29. The SMILES string of the molecule is CC1CCCC(C(F)C2CCCNC2)C1. The van der Waals surface area contributed by atoms with E-state index in [0.717, 1.165) is 44.7 Å². The van der Waals surface area contributed by atoms with E-state index in [1.807, 2.05) is 0 Å². The summed E-state index contributed by atoms with van der Waals surface area (Å²) < 4.78 is 14.3. The van der Waals surface area contributed by atoms with E-state index in [1.165, 1.54) is 12.8 Å². The monoisotopic (exact) mass is 213 g/mol. The molecule has 0 amide bonds. The van der Waals surface area contributed by atoms with Gasteiger partial charge < -0.3 is 5.32 Å². The first-order chi connectivity index (χ1) is 7.27. The molecule has 1 N–H and O–H groups in total. The molecule has 1 aliphatic heterocycles. The molecule has 4 atom stereocenters. The van der Waals surface area contributed by atoms with Crippen molar-refractivity contribution in [3.8, 4) is 0 Å². The Kier molecular flexibility index (Phi) is 4.01. The molecule has 0 aromatic heterocycles. The minimum atomic E-state index is -0.541. The Morgan fingerprint density at radius 3 is 2.60 bits per heavy atom. The van der Waals surface area contributed by atoms with Crippen LogP contribution in [-0.4, -0.2) is 19.3 Å². The van der Waals surface area contributed by atoms with Crippen molar-refractivity contribution in [2.24, 2.45) is 17.8 Å². The van der Waals surface area contributed by atoms with Crippen molar-refractivity contribution in [2.45, 2.75) is 51.6 Å². The normalized spacial score (nSPS) is 40.0. The molecular weight excluding hydrogens is 189 g/mol. The van der Waals surface area contributed by atoms with Gasteiger partial charge in [0, 0.05) is 12.5 Å². The van der Waals surface area contributed by atoms with Crippen molar-refractivity contribution >= 4 is 0 Å². The van der Waals surface area contributed by atoms with E-state index in [1.54, 1.807) is 0 Å². The smallest absolute Gasteiger partial charge is 0.107 e. The molecule has 1 aliphatic carbocycles. The number of halogens is 1. The molecule has 1 nitrogen and oxygen atoms in total. The summed E-state index contributed by atoms with van der Waals surface area (Å²) in [5.74, 6) is 1.41. The van der Waals surface area contributed by atoms with Crippen LogP contribution in [0.1, 0.15) is 45.4 Å². The number of alkyl halides is 1. The summed E-state index contributed by atoms with van der Waals surface area (Å²) in [6.07, 6.45) is 6.52. The highest BCUT2D eigenvalue weighted by Crippen LogP contribution is 2.36. The fourth-order valence-corrected chi connectivity index (χ4v) is 3.31. The van der Waals surface area contributed by atoms with Gasteiger partial charge in [-0.15, -0.1) is 0 Å². The topological polar surface area (TPSA) is 12.0 Å². The van der Waals surface area contributed by atoms with Gasteiger partial charge in [-0.25, -0.2) is 4.39 Å². The second-order valence-electron chi connectivity index (χ2n) is 5.58. The van der Waals surface area contributed by atoms with E-state index >= 15 is 0 Å². The van der Waals surface area contributed by atoms with Gasteiger partial charge >= 0.3 is 0 Å². The fourth-order valence-electron chi connectivity index (χ4n) is 3.31. The number of hydrogen-bond donors (Lipinski definition) is 1. The third-order valence-corrected chi connectivity index (χ3v) is 4.21. The van der Waals surface area contributed by atoms with Crippen molar-refractivity contribution in [3.05, 3.63) is 0 Å². The van der Waals surface area contributed by atoms with Crippen LogP contribution in [0.4, 0.5) is 4.39 Å². The van der Waals surface area contributed by atoms with Crippen LogP contribution in [0, 0.1) is 17.8 Å². The Morgan fingerprint density at radius 1 is 1.13 bits per heavy atom. The zero-order chi connectivity index (χ0) is 10.7. The molecule has 0 radical (unpaired) electrons. The van der Waals surface area contributed by atoms with Crippen LogP contribution in [0.3, 0.4) is 0 Å². The summed E-state index contributed by atoms with van der Waals surface area (Å²) in [5.41, 5.74) is 0. The Balaban J connectivity index is 1.85. The van der Waals surface area contributed by atoms with Crippen LogP contribution in [0.25, 0.3) is 0 Å². The molecule has 2 aliphatic rings. The average molecular weight is 213 g/mol. The molecule has 1 saturated heterocycles. The molecule has 0 bridgehead atoms. The van der Waals surface area contributed by atoms with Gasteiger partial charge in [0.25, 0.3) is 0 Å². The minimum absolute atomic E-state index is 0.300. The van der Waals surface area contributed by atoms with Crippen LogP contribution >= 0.6 is 0 Å². The Bertz CT molecular complexity index is 189. The number of rotatable bonds is 2. The standard InChI is InChI=1S/C13H24FN/c1-10-4-2-5-11(8-10)13(14)12-6-3-7-15-9-12/h10-13,15H,2-9H2,1H3. The summed E-state index contributed by atoms with van der Waals surface area (Å²) in [4.78, 5) is 0. The highest BCUT2D eigenvalue weighted by atomic mass is 19.1. The summed E-state index contributed by atoms with van der Waals surface area (Å²) in [5, 5.41) is 3.33. The summed E-state index contributed by atoms with van der Waals surface area (Å²) in [7, 11) is 0. The fraction of sp³-hybridized carbons (Fsp3) is 1.00. The molecule has 1 heterocycles. The summed E-state index contributed by atoms with van der Waals surface area (Å²) in [6.45, 7) is 4.27. The lowest BCUT2D eigenvalue weighted by molar-refractivity contribution is 0.0883. The summed E-state index contributed by atoms with van der Waals surface area (Å²) >= 11 is 0. The van der Waals surface area contributed by atoms with E-state index in [9.17, 15) is 4.39 Å². The van der Waals surface area contributed by atoms with Gasteiger partial charge in [-0.05, 0) is 44.1 Å². The number of piperidine rings is 1. The van der Waals surface area contributed by atoms with E-state index in [0.29, 0.717) is 11.8 Å². The van der Waals surface area contributed by atoms with E-state index in [-0.39, 0.29) is 0 Å². The van der Waals surface area contributed by atoms with Crippen molar-refractivity contribution in [1.29, 1.82) is 0 Å². The van der Waals surface area contributed by atoms with Crippen molar-refractivity contribution in [1.82, 2.24) is 5.32 Å². The molecular formula is C13H24FN. The molecule has 15 heavy (non-hydrogen) atoms. The van der Waals surface area contributed by atoms with Gasteiger partial charge in [-0.2, -0.15) is 0 Å². The summed E-state index contributed by atoms with van der Waals surface area (Å²) in [6, 6.07) is 0. The van der Waals surface area contributed by atoms with Crippen LogP contribution in [-0.2, 0) is 0 Å². The van der Waals surface area contributed by atoms with Gasteiger partial charge in [0.15, 0.2) is 0 Å². The molecule has 2 rings (SSSR count). The zero-order valence-corrected chi connectivity index (χ0v) is 9.84. The number of nitrogens with one attached hydrogen (secondary N) is 1. The molecule has 4 unspecified atom stereocenters. The maximum Gasteiger partial charge on any atom is 0.107 e. The van der Waals surface area contributed by atoms with E-state index in [4.69, 9.17) is 0 Å². The molecule has 1 saturated carbocycles. The first-order valence-electron chi connectivity index (χ1n) is 6.62. The van der Waals surface area contributed by atoms with Crippen LogP contribution in [0.2, 0.25) is 0 Å². The van der Waals surface area contributed by atoms with Gasteiger partial charge in [-0.1, -0.05) is 19.8 Å². The highest BCUT2D eigenvalue weighted by molar-refractivity contribution is 4.84. The maximum atomic E-state index is 14.3. The molecule has 2 heteroatoms. The Labute approximate surface area is 92.8 Å². The molecule has 2 fully saturated rings. The zero-order valence-electron chi connectivity index (χ0n) is 9.84. The predicted molar refractivity (Wildman–Crippen MR) is 61.6 cm³/mol. The van der Waals surface area contributed by atoms with Crippen molar-refractivity contribution in [3.63, 3.8) is 0 Å². The van der Waals surface area contributed by atoms with Crippen molar-refractivity contribution in [2.75, 3.05) is 13.1 Å². The largest absolute Gasteiger partial charge is 0.316 e. The maximum absolute atomic E-state index is 14.3. The van der Waals surface area contributed by atoms with Crippen LogP contribution < -0.4 is 5.32 Å². The lowest BCUT2D eigenvalue weighted by atomic mass is 9.75. The van der Waals surface area contributed by atoms with Crippen molar-refractivity contribution < 1.29 is 4.39 Å². The second-order valence-corrected chi connectivity index (χ2v) is 5.58. The van der Waals surface area contributed by atoms with Gasteiger partial charge in [0.1, 0.15) is 6.17 Å².